The first kappa shape index (κ1) is 23.8. The lowest BCUT2D eigenvalue weighted by molar-refractivity contribution is 0.0726. The van der Waals surface area contributed by atoms with Crippen LogP contribution in [0.15, 0.2) is 41.3 Å². The molecule has 1 atom stereocenters. The molecule has 2 fully saturated rings. The Morgan fingerprint density at radius 2 is 1.85 bits per heavy atom. The number of piperazine rings is 1. The third-order valence-corrected chi connectivity index (χ3v) is 9.18. The van der Waals surface area contributed by atoms with Crippen molar-refractivity contribution >= 4 is 33.0 Å². The van der Waals surface area contributed by atoms with E-state index in [0.717, 1.165) is 18.9 Å². The van der Waals surface area contributed by atoms with Gasteiger partial charge in [0.05, 0.1) is 33.5 Å². The minimum absolute atomic E-state index is 0.0848. The van der Waals surface area contributed by atoms with Crippen LogP contribution in [0.5, 0.6) is 5.75 Å². The van der Waals surface area contributed by atoms with E-state index in [-0.39, 0.29) is 27.8 Å². The van der Waals surface area contributed by atoms with E-state index in [2.05, 4.69) is 4.90 Å². The Morgan fingerprint density at radius 3 is 2.48 bits per heavy atom. The van der Waals surface area contributed by atoms with E-state index < -0.39 is 15.7 Å². The second-order valence-electron chi connectivity index (χ2n) is 8.70. The van der Waals surface area contributed by atoms with Crippen LogP contribution >= 0.6 is 11.6 Å². The monoisotopic (exact) mass is 494 g/mol. The zero-order valence-corrected chi connectivity index (χ0v) is 20.3. The third-order valence-electron chi connectivity index (χ3n) is 6.61. The standard InChI is InChI=1S/C24H28ClFN2O4S/c1-16-15-27(24(29)20-9-7-17(26)13-21(20)25)11-12-28(16)22-14-19(8-10-23(22)32-2)33(30,31)18-5-3-4-6-18/h7-10,13-14,16,18H,3-6,11-12,15H2,1-2H3. The Labute approximate surface area is 199 Å². The Bertz CT molecular complexity index is 1150. The minimum Gasteiger partial charge on any atom is -0.495 e. The molecule has 178 valence electrons. The van der Waals surface area contributed by atoms with Crippen LogP contribution in [0.25, 0.3) is 0 Å². The van der Waals surface area contributed by atoms with Crippen LogP contribution in [0.3, 0.4) is 0 Å². The van der Waals surface area contributed by atoms with E-state index in [1.54, 1.807) is 30.2 Å². The molecule has 4 rings (SSSR count). The number of rotatable bonds is 5. The molecule has 0 radical (unpaired) electrons. The molecule has 2 aromatic carbocycles. The Morgan fingerprint density at radius 1 is 1.12 bits per heavy atom. The molecule has 1 heterocycles. The first-order valence-electron chi connectivity index (χ1n) is 11.1. The summed E-state index contributed by atoms with van der Waals surface area (Å²) in [5, 5.41) is -0.243. The van der Waals surface area contributed by atoms with Gasteiger partial charge >= 0.3 is 0 Å². The summed E-state index contributed by atoms with van der Waals surface area (Å²) >= 11 is 6.09. The summed E-state index contributed by atoms with van der Waals surface area (Å²) in [6, 6.07) is 8.70. The van der Waals surface area contributed by atoms with Crippen LogP contribution in [-0.2, 0) is 9.84 Å². The van der Waals surface area contributed by atoms with Crippen molar-refractivity contribution < 1.29 is 22.3 Å². The summed E-state index contributed by atoms with van der Waals surface area (Å²) < 4.78 is 45.2. The van der Waals surface area contributed by atoms with Crippen LogP contribution in [0, 0.1) is 5.82 Å². The Kier molecular flexibility index (Phi) is 6.86. The molecule has 2 aliphatic rings. The van der Waals surface area contributed by atoms with E-state index in [0.29, 0.717) is 48.8 Å². The first-order chi connectivity index (χ1) is 15.7. The third kappa shape index (κ3) is 4.68. The predicted molar refractivity (Wildman–Crippen MR) is 127 cm³/mol. The molecule has 1 amide bonds. The number of methoxy groups -OCH3 is 1. The van der Waals surface area contributed by atoms with E-state index in [4.69, 9.17) is 16.3 Å². The van der Waals surface area contributed by atoms with Gasteiger partial charge in [0.25, 0.3) is 5.91 Å². The smallest absolute Gasteiger partial charge is 0.255 e. The summed E-state index contributed by atoms with van der Waals surface area (Å²) in [5.74, 6) is -0.154. The molecule has 0 N–H and O–H groups in total. The van der Waals surface area contributed by atoms with Crippen LogP contribution in [-0.4, -0.2) is 57.3 Å². The molecule has 1 aliphatic heterocycles. The van der Waals surface area contributed by atoms with Gasteiger partial charge in [-0.25, -0.2) is 12.8 Å². The number of sulfone groups is 1. The highest BCUT2D eigenvalue weighted by Gasteiger charge is 2.33. The number of nitrogens with zero attached hydrogens (tertiary/aromatic N) is 2. The van der Waals surface area contributed by atoms with E-state index in [1.807, 2.05) is 6.92 Å². The normalized spacial score (nSPS) is 19.7. The van der Waals surface area contributed by atoms with Crippen molar-refractivity contribution in [2.75, 3.05) is 31.6 Å². The molecule has 1 saturated carbocycles. The van der Waals surface area contributed by atoms with Crippen molar-refractivity contribution in [1.82, 2.24) is 4.90 Å². The number of carbonyl (C=O) groups is 1. The molecule has 33 heavy (non-hydrogen) atoms. The zero-order valence-electron chi connectivity index (χ0n) is 18.8. The molecule has 1 aliphatic carbocycles. The number of hydrogen-bond donors (Lipinski definition) is 0. The average molecular weight is 495 g/mol. The second kappa shape index (κ2) is 9.50. The minimum atomic E-state index is -3.40. The SMILES string of the molecule is COc1ccc(S(=O)(=O)C2CCCC2)cc1N1CCN(C(=O)c2ccc(F)cc2Cl)CC1C. The molecule has 2 aromatic rings. The highest BCUT2D eigenvalue weighted by Crippen LogP contribution is 2.37. The highest BCUT2D eigenvalue weighted by atomic mass is 35.5. The van der Waals surface area contributed by atoms with Gasteiger partial charge in [-0.05, 0) is 56.2 Å². The maximum absolute atomic E-state index is 13.4. The lowest BCUT2D eigenvalue weighted by atomic mass is 10.1. The zero-order chi connectivity index (χ0) is 23.8. The molecular formula is C24H28ClFN2O4S. The second-order valence-corrected chi connectivity index (χ2v) is 11.3. The molecule has 0 bridgehead atoms. The summed E-state index contributed by atoms with van der Waals surface area (Å²) in [7, 11) is -1.84. The Hall–Kier alpha value is -2.32. The van der Waals surface area contributed by atoms with Crippen LogP contribution in [0.1, 0.15) is 43.0 Å². The molecule has 0 aromatic heterocycles. The van der Waals surface area contributed by atoms with Gasteiger partial charge in [-0.3, -0.25) is 4.79 Å². The molecular weight excluding hydrogens is 467 g/mol. The predicted octanol–water partition coefficient (Wildman–Crippen LogP) is 4.55. The number of benzene rings is 2. The molecule has 0 spiro atoms. The molecule has 9 heteroatoms. The summed E-state index contributed by atoms with van der Waals surface area (Å²) in [6.45, 7) is 3.30. The quantitative estimate of drug-likeness (QED) is 0.609. The van der Waals surface area contributed by atoms with Gasteiger partial charge in [0.15, 0.2) is 9.84 Å². The van der Waals surface area contributed by atoms with Crippen molar-refractivity contribution in [1.29, 1.82) is 0 Å². The fourth-order valence-corrected chi connectivity index (χ4v) is 6.92. The molecule has 1 unspecified atom stereocenters. The highest BCUT2D eigenvalue weighted by molar-refractivity contribution is 7.92. The lowest BCUT2D eigenvalue weighted by Crippen LogP contribution is -2.54. The average Bonchev–Trinajstić information content (AvgIpc) is 3.34. The van der Waals surface area contributed by atoms with Gasteiger partial charge in [-0.15, -0.1) is 0 Å². The van der Waals surface area contributed by atoms with Crippen molar-refractivity contribution in [2.24, 2.45) is 0 Å². The van der Waals surface area contributed by atoms with Gasteiger partial charge in [0.1, 0.15) is 11.6 Å². The lowest BCUT2D eigenvalue weighted by Gasteiger charge is -2.42. The number of ether oxygens (including phenoxy) is 1. The van der Waals surface area contributed by atoms with Gasteiger partial charge in [-0.2, -0.15) is 0 Å². The largest absolute Gasteiger partial charge is 0.495 e. The van der Waals surface area contributed by atoms with Crippen molar-refractivity contribution in [3.8, 4) is 5.75 Å². The number of carbonyl (C=O) groups excluding carboxylic acids is 1. The molecule has 6 nitrogen and oxygen atoms in total. The van der Waals surface area contributed by atoms with Gasteiger partial charge in [0, 0.05) is 25.7 Å². The fourth-order valence-electron chi connectivity index (χ4n) is 4.80. The summed E-state index contributed by atoms with van der Waals surface area (Å²) in [6.07, 6.45) is 3.29. The number of anilines is 1. The maximum Gasteiger partial charge on any atom is 0.255 e. The van der Waals surface area contributed by atoms with E-state index >= 15 is 0 Å². The van der Waals surface area contributed by atoms with Gasteiger partial charge in [0.2, 0.25) is 0 Å². The fraction of sp³-hybridized carbons (Fsp3) is 0.458. The first-order valence-corrected chi connectivity index (χ1v) is 13.1. The van der Waals surface area contributed by atoms with Crippen LogP contribution in [0.4, 0.5) is 10.1 Å². The van der Waals surface area contributed by atoms with Crippen molar-refractivity contribution in [3.63, 3.8) is 0 Å². The summed E-state index contributed by atoms with van der Waals surface area (Å²) in [4.78, 5) is 17.0. The van der Waals surface area contributed by atoms with Crippen LogP contribution in [0.2, 0.25) is 5.02 Å². The van der Waals surface area contributed by atoms with E-state index in [9.17, 15) is 17.6 Å². The number of amides is 1. The van der Waals surface area contributed by atoms with Crippen molar-refractivity contribution in [2.45, 2.75) is 48.8 Å². The van der Waals surface area contributed by atoms with Crippen LogP contribution < -0.4 is 9.64 Å². The number of hydrogen-bond acceptors (Lipinski definition) is 5. The molecule has 1 saturated heterocycles. The topological polar surface area (TPSA) is 66.9 Å². The Balaban J connectivity index is 1.57. The van der Waals surface area contributed by atoms with E-state index in [1.165, 1.54) is 12.1 Å². The van der Waals surface area contributed by atoms with Gasteiger partial charge < -0.3 is 14.5 Å². The van der Waals surface area contributed by atoms with Gasteiger partial charge in [-0.1, -0.05) is 24.4 Å². The number of halogens is 2. The summed E-state index contributed by atoms with van der Waals surface area (Å²) in [5.41, 5.74) is 0.969. The maximum atomic E-state index is 13.4. The van der Waals surface area contributed by atoms with Crippen molar-refractivity contribution in [3.05, 3.63) is 52.8 Å².